The lowest BCUT2D eigenvalue weighted by molar-refractivity contribution is -0.120. The maximum atomic E-state index is 12.9. The highest BCUT2D eigenvalue weighted by atomic mass is 32.1. The number of benzene rings is 2. The zero-order valence-corrected chi connectivity index (χ0v) is 15.9. The van der Waals surface area contributed by atoms with Crippen LogP contribution in [0.2, 0.25) is 0 Å². The SMILES string of the molecule is O=C(Cc1csc(NC(=O)c2ccc(F)cc2)n1)NCc1ccc2c(c1)OCO2. The molecule has 0 aliphatic carbocycles. The minimum atomic E-state index is -0.412. The lowest BCUT2D eigenvalue weighted by atomic mass is 10.2. The minimum Gasteiger partial charge on any atom is -0.454 e. The molecule has 4 rings (SSSR count). The van der Waals surface area contributed by atoms with E-state index in [2.05, 4.69) is 15.6 Å². The Morgan fingerprint density at radius 3 is 2.72 bits per heavy atom. The van der Waals surface area contributed by atoms with E-state index in [4.69, 9.17) is 9.47 Å². The summed E-state index contributed by atoms with van der Waals surface area (Å²) in [5.74, 6) is 0.364. The third kappa shape index (κ3) is 4.69. The van der Waals surface area contributed by atoms with Gasteiger partial charge in [0.1, 0.15) is 5.82 Å². The van der Waals surface area contributed by atoms with Gasteiger partial charge in [0.2, 0.25) is 12.7 Å². The maximum Gasteiger partial charge on any atom is 0.257 e. The van der Waals surface area contributed by atoms with Crippen LogP contribution in [0.25, 0.3) is 0 Å². The molecule has 0 unspecified atom stereocenters. The van der Waals surface area contributed by atoms with Crippen LogP contribution in [0.4, 0.5) is 9.52 Å². The van der Waals surface area contributed by atoms with Gasteiger partial charge in [0, 0.05) is 17.5 Å². The van der Waals surface area contributed by atoms with Gasteiger partial charge >= 0.3 is 0 Å². The first-order chi connectivity index (χ1) is 14.1. The molecular weight excluding hydrogens is 397 g/mol. The van der Waals surface area contributed by atoms with Crippen molar-refractivity contribution in [2.45, 2.75) is 13.0 Å². The van der Waals surface area contributed by atoms with Gasteiger partial charge in [0.25, 0.3) is 5.91 Å². The highest BCUT2D eigenvalue weighted by Crippen LogP contribution is 2.32. The van der Waals surface area contributed by atoms with Crippen molar-refractivity contribution in [3.8, 4) is 11.5 Å². The predicted molar refractivity (Wildman–Crippen MR) is 105 cm³/mol. The van der Waals surface area contributed by atoms with Crippen LogP contribution in [0.3, 0.4) is 0 Å². The van der Waals surface area contributed by atoms with Crippen LogP contribution in [0.5, 0.6) is 11.5 Å². The van der Waals surface area contributed by atoms with Crippen molar-refractivity contribution in [3.63, 3.8) is 0 Å². The lowest BCUT2D eigenvalue weighted by Gasteiger charge is -2.05. The molecule has 0 saturated heterocycles. The fourth-order valence-corrected chi connectivity index (χ4v) is 3.40. The molecule has 2 N–H and O–H groups in total. The number of hydrogen-bond donors (Lipinski definition) is 2. The summed E-state index contributed by atoms with van der Waals surface area (Å²) in [5, 5.41) is 7.55. The number of aromatic nitrogens is 1. The van der Waals surface area contributed by atoms with Crippen LogP contribution in [-0.4, -0.2) is 23.6 Å². The zero-order chi connectivity index (χ0) is 20.2. The number of rotatable bonds is 6. The second-order valence-corrected chi connectivity index (χ2v) is 7.10. The van der Waals surface area contributed by atoms with Crippen molar-refractivity contribution in [1.82, 2.24) is 10.3 Å². The number of anilines is 1. The first-order valence-electron chi connectivity index (χ1n) is 8.73. The van der Waals surface area contributed by atoms with E-state index in [1.165, 1.54) is 35.6 Å². The van der Waals surface area contributed by atoms with Gasteiger partial charge < -0.3 is 14.8 Å². The zero-order valence-electron chi connectivity index (χ0n) is 15.1. The fraction of sp³-hybridized carbons (Fsp3) is 0.150. The predicted octanol–water partition coefficient (Wildman–Crippen LogP) is 3.12. The van der Waals surface area contributed by atoms with Crippen molar-refractivity contribution < 1.29 is 23.5 Å². The number of nitrogens with zero attached hydrogens (tertiary/aromatic N) is 1. The highest BCUT2D eigenvalue weighted by Gasteiger charge is 2.14. The van der Waals surface area contributed by atoms with Gasteiger partial charge in [-0.2, -0.15) is 0 Å². The molecule has 7 nitrogen and oxygen atoms in total. The highest BCUT2D eigenvalue weighted by molar-refractivity contribution is 7.14. The van der Waals surface area contributed by atoms with E-state index in [0.717, 1.165) is 5.56 Å². The molecule has 29 heavy (non-hydrogen) atoms. The third-order valence-electron chi connectivity index (χ3n) is 4.15. The molecule has 3 aromatic rings. The van der Waals surface area contributed by atoms with E-state index in [1.54, 1.807) is 11.4 Å². The second-order valence-electron chi connectivity index (χ2n) is 6.25. The van der Waals surface area contributed by atoms with E-state index in [-0.39, 0.29) is 19.1 Å². The number of halogens is 1. The molecular formula is C20H16FN3O4S. The number of carbonyl (C=O) groups is 2. The van der Waals surface area contributed by atoms with Crippen LogP contribution >= 0.6 is 11.3 Å². The van der Waals surface area contributed by atoms with Crippen molar-refractivity contribution in [1.29, 1.82) is 0 Å². The van der Waals surface area contributed by atoms with Gasteiger partial charge in [-0.05, 0) is 42.0 Å². The van der Waals surface area contributed by atoms with Crippen LogP contribution in [0.15, 0.2) is 47.8 Å². The molecule has 0 saturated carbocycles. The summed E-state index contributed by atoms with van der Waals surface area (Å²) in [6.45, 7) is 0.558. The third-order valence-corrected chi connectivity index (χ3v) is 4.95. The molecule has 1 aliphatic heterocycles. The van der Waals surface area contributed by atoms with Gasteiger partial charge in [0.05, 0.1) is 12.1 Å². The molecule has 2 heterocycles. The van der Waals surface area contributed by atoms with Crippen molar-refractivity contribution >= 4 is 28.3 Å². The minimum absolute atomic E-state index is 0.0907. The van der Waals surface area contributed by atoms with Gasteiger partial charge in [-0.3, -0.25) is 14.9 Å². The van der Waals surface area contributed by atoms with Gasteiger partial charge in [-0.1, -0.05) is 6.07 Å². The topological polar surface area (TPSA) is 89.6 Å². The monoisotopic (exact) mass is 413 g/mol. The van der Waals surface area contributed by atoms with E-state index < -0.39 is 11.7 Å². The van der Waals surface area contributed by atoms with E-state index in [0.29, 0.717) is 34.4 Å². The van der Waals surface area contributed by atoms with Crippen molar-refractivity contribution in [3.05, 3.63) is 70.5 Å². The average molecular weight is 413 g/mol. The number of amides is 2. The van der Waals surface area contributed by atoms with Crippen LogP contribution < -0.4 is 20.1 Å². The smallest absolute Gasteiger partial charge is 0.257 e. The van der Waals surface area contributed by atoms with Gasteiger partial charge in [0.15, 0.2) is 16.6 Å². The Balaban J connectivity index is 1.28. The Morgan fingerprint density at radius 1 is 1.10 bits per heavy atom. The van der Waals surface area contributed by atoms with Crippen molar-refractivity contribution in [2.75, 3.05) is 12.1 Å². The number of carbonyl (C=O) groups excluding carboxylic acids is 2. The average Bonchev–Trinajstić information content (AvgIpc) is 3.35. The van der Waals surface area contributed by atoms with E-state index >= 15 is 0 Å². The molecule has 0 radical (unpaired) electrons. The van der Waals surface area contributed by atoms with Crippen LogP contribution in [0.1, 0.15) is 21.6 Å². The summed E-state index contributed by atoms with van der Waals surface area (Å²) in [5.41, 5.74) is 1.77. The quantitative estimate of drug-likeness (QED) is 0.648. The molecule has 2 amide bonds. The normalized spacial score (nSPS) is 11.9. The van der Waals surface area contributed by atoms with Gasteiger partial charge in [-0.25, -0.2) is 9.37 Å². The first-order valence-corrected chi connectivity index (χ1v) is 9.61. The molecule has 148 valence electrons. The standard InChI is InChI=1S/C20H16FN3O4S/c21-14-4-2-13(3-5-14)19(26)24-20-23-15(10-29-20)8-18(25)22-9-12-1-6-16-17(7-12)28-11-27-16/h1-7,10H,8-9,11H2,(H,22,25)(H,23,24,26). The largest absolute Gasteiger partial charge is 0.454 e. The fourth-order valence-electron chi connectivity index (χ4n) is 2.69. The summed E-state index contributed by atoms with van der Waals surface area (Å²) in [4.78, 5) is 28.6. The Kier molecular flexibility index (Phi) is 5.39. The maximum absolute atomic E-state index is 12.9. The Bertz CT molecular complexity index is 1050. The van der Waals surface area contributed by atoms with Gasteiger partial charge in [-0.15, -0.1) is 11.3 Å². The molecule has 9 heteroatoms. The Hall–Kier alpha value is -3.46. The summed E-state index contributed by atoms with van der Waals surface area (Å²) < 4.78 is 23.5. The Morgan fingerprint density at radius 2 is 1.90 bits per heavy atom. The summed E-state index contributed by atoms with van der Waals surface area (Å²) in [7, 11) is 0. The second kappa shape index (κ2) is 8.27. The molecule has 1 aromatic heterocycles. The summed E-state index contributed by atoms with van der Waals surface area (Å²) in [6, 6.07) is 10.7. The molecule has 0 fully saturated rings. The summed E-state index contributed by atoms with van der Waals surface area (Å²) in [6.07, 6.45) is 0.0907. The molecule has 0 spiro atoms. The number of ether oxygens (including phenoxy) is 2. The lowest BCUT2D eigenvalue weighted by Crippen LogP contribution is -2.24. The van der Waals surface area contributed by atoms with E-state index in [1.807, 2.05) is 12.1 Å². The first kappa shape index (κ1) is 18.9. The molecule has 0 bridgehead atoms. The molecule has 0 atom stereocenters. The van der Waals surface area contributed by atoms with E-state index in [9.17, 15) is 14.0 Å². The molecule has 2 aromatic carbocycles. The number of thiazole rings is 1. The number of hydrogen-bond acceptors (Lipinski definition) is 6. The van der Waals surface area contributed by atoms with Crippen LogP contribution in [0, 0.1) is 5.82 Å². The Labute approximate surface area is 169 Å². The van der Waals surface area contributed by atoms with Crippen molar-refractivity contribution in [2.24, 2.45) is 0 Å². The number of fused-ring (bicyclic) bond motifs is 1. The number of nitrogens with one attached hydrogen (secondary N) is 2. The summed E-state index contributed by atoms with van der Waals surface area (Å²) >= 11 is 1.22. The molecule has 1 aliphatic rings. The van der Waals surface area contributed by atoms with Crippen LogP contribution in [-0.2, 0) is 17.8 Å².